The fourth-order valence-electron chi connectivity index (χ4n) is 1.65. The van der Waals surface area contributed by atoms with Crippen LogP contribution < -0.4 is 10.2 Å². The first-order chi connectivity index (χ1) is 8.49. The molecule has 0 atom stereocenters. The summed E-state index contributed by atoms with van der Waals surface area (Å²) in [4.78, 5) is 10.8. The van der Waals surface area contributed by atoms with E-state index in [2.05, 4.69) is 15.3 Å². The first-order valence-corrected chi connectivity index (χ1v) is 5.86. The van der Waals surface area contributed by atoms with E-state index in [4.69, 9.17) is 0 Å². The molecule has 2 N–H and O–H groups in total. The Bertz CT molecular complexity index is 548. The number of nitrogens with one attached hydrogen (secondary N) is 1. The van der Waals surface area contributed by atoms with Crippen LogP contribution in [-0.4, -0.2) is 45.7 Å². The van der Waals surface area contributed by atoms with Crippen molar-refractivity contribution in [2.75, 3.05) is 30.9 Å². The lowest BCUT2D eigenvalue weighted by atomic mass is 10.1. The molecule has 6 heteroatoms. The number of aliphatic hydroxyl groups is 1. The summed E-state index contributed by atoms with van der Waals surface area (Å²) in [6.07, 6.45) is 5.49. The van der Waals surface area contributed by atoms with E-state index in [9.17, 15) is 5.11 Å². The molecular weight excluding hydrogens is 230 g/mol. The summed E-state index contributed by atoms with van der Waals surface area (Å²) in [6.45, 7) is 3.96. The van der Waals surface area contributed by atoms with Crippen molar-refractivity contribution in [2.24, 2.45) is 0 Å². The summed E-state index contributed by atoms with van der Waals surface area (Å²) in [7, 11) is 3.73. The lowest BCUT2D eigenvalue weighted by Gasteiger charge is -2.35. The minimum atomic E-state index is -0.397. The van der Waals surface area contributed by atoms with Crippen molar-refractivity contribution in [1.82, 2.24) is 14.4 Å². The van der Waals surface area contributed by atoms with Crippen LogP contribution in [0.15, 0.2) is 18.6 Å². The summed E-state index contributed by atoms with van der Waals surface area (Å²) in [5, 5.41) is 12.5. The van der Waals surface area contributed by atoms with Gasteiger partial charge in [0, 0.05) is 26.5 Å². The predicted octanol–water partition coefficient (Wildman–Crippen LogP) is 0.978. The van der Waals surface area contributed by atoms with Crippen LogP contribution in [0.4, 0.5) is 11.6 Å². The maximum atomic E-state index is 9.46. The largest absolute Gasteiger partial charge is 0.394 e. The number of aliphatic hydroxyl groups excluding tert-OH is 1. The average molecular weight is 249 g/mol. The van der Waals surface area contributed by atoms with E-state index in [1.807, 2.05) is 49.6 Å². The Hall–Kier alpha value is -1.82. The molecule has 0 aromatic carbocycles. The highest BCUT2D eigenvalue weighted by atomic mass is 16.3. The number of rotatable bonds is 4. The van der Waals surface area contributed by atoms with Crippen molar-refractivity contribution in [1.29, 1.82) is 0 Å². The van der Waals surface area contributed by atoms with Crippen LogP contribution in [0.3, 0.4) is 0 Å². The van der Waals surface area contributed by atoms with Crippen LogP contribution in [0.1, 0.15) is 13.8 Å². The molecular formula is C12H19N5O. The van der Waals surface area contributed by atoms with Gasteiger partial charge in [0.25, 0.3) is 0 Å². The molecule has 2 aromatic heterocycles. The summed E-state index contributed by atoms with van der Waals surface area (Å²) < 4.78 is 1.91. The fraction of sp³-hybridized carbons (Fsp3) is 0.500. The number of fused-ring (bicyclic) bond motifs is 1. The van der Waals surface area contributed by atoms with E-state index in [-0.39, 0.29) is 6.61 Å². The van der Waals surface area contributed by atoms with Gasteiger partial charge in [0.2, 0.25) is 0 Å². The summed E-state index contributed by atoms with van der Waals surface area (Å²) >= 11 is 0. The molecule has 0 aliphatic rings. The molecule has 0 saturated carbocycles. The second kappa shape index (κ2) is 4.45. The fourth-order valence-corrected chi connectivity index (χ4v) is 1.65. The molecule has 0 bridgehead atoms. The van der Waals surface area contributed by atoms with Gasteiger partial charge in [0.05, 0.1) is 18.3 Å². The lowest BCUT2D eigenvalue weighted by molar-refractivity contribution is 0.216. The number of hydrogen-bond donors (Lipinski definition) is 2. The van der Waals surface area contributed by atoms with Gasteiger partial charge in [-0.25, -0.2) is 9.97 Å². The van der Waals surface area contributed by atoms with E-state index in [1.54, 1.807) is 6.20 Å². The van der Waals surface area contributed by atoms with Crippen molar-refractivity contribution in [2.45, 2.75) is 19.4 Å². The molecule has 6 nitrogen and oxygen atoms in total. The zero-order chi connectivity index (χ0) is 13.3. The monoisotopic (exact) mass is 249 g/mol. The van der Waals surface area contributed by atoms with E-state index in [1.165, 1.54) is 0 Å². The third-order valence-electron chi connectivity index (χ3n) is 3.23. The third-order valence-corrected chi connectivity index (χ3v) is 3.23. The van der Waals surface area contributed by atoms with Crippen LogP contribution >= 0.6 is 0 Å². The summed E-state index contributed by atoms with van der Waals surface area (Å²) in [5.41, 5.74) is 0.379. The highest BCUT2D eigenvalue weighted by Crippen LogP contribution is 2.25. The Labute approximate surface area is 106 Å². The van der Waals surface area contributed by atoms with Crippen molar-refractivity contribution in [3.63, 3.8) is 0 Å². The summed E-state index contributed by atoms with van der Waals surface area (Å²) in [6, 6.07) is 0. The quantitative estimate of drug-likeness (QED) is 0.845. The molecule has 0 spiro atoms. The Balaban J connectivity index is 2.58. The minimum Gasteiger partial charge on any atom is -0.394 e. The highest BCUT2D eigenvalue weighted by molar-refractivity contribution is 5.67. The number of imidazole rings is 1. The van der Waals surface area contributed by atoms with Gasteiger partial charge in [0.15, 0.2) is 11.5 Å². The van der Waals surface area contributed by atoms with Crippen LogP contribution in [0.2, 0.25) is 0 Å². The topological polar surface area (TPSA) is 65.7 Å². The van der Waals surface area contributed by atoms with Crippen molar-refractivity contribution in [3.8, 4) is 0 Å². The minimum absolute atomic E-state index is 0.0435. The second-order valence-electron chi connectivity index (χ2n) is 4.89. The molecule has 0 amide bonds. The van der Waals surface area contributed by atoms with Gasteiger partial charge < -0.3 is 19.7 Å². The molecule has 0 unspecified atom stereocenters. The molecule has 0 radical (unpaired) electrons. The first kappa shape index (κ1) is 12.6. The van der Waals surface area contributed by atoms with Gasteiger partial charge in [-0.05, 0) is 13.8 Å². The van der Waals surface area contributed by atoms with E-state index >= 15 is 0 Å². The smallest absolute Gasteiger partial charge is 0.180 e. The zero-order valence-electron chi connectivity index (χ0n) is 11.2. The Morgan fingerprint density at radius 1 is 1.50 bits per heavy atom. The normalized spacial score (nSPS) is 11.8. The number of aromatic nitrogens is 3. The molecule has 98 valence electrons. The lowest BCUT2D eigenvalue weighted by Crippen LogP contribution is -2.45. The number of anilines is 2. The highest BCUT2D eigenvalue weighted by Gasteiger charge is 2.26. The molecule has 0 saturated heterocycles. The van der Waals surface area contributed by atoms with Gasteiger partial charge in [-0.3, -0.25) is 0 Å². The number of nitrogens with zero attached hydrogens (tertiary/aromatic N) is 4. The average Bonchev–Trinajstić information content (AvgIpc) is 2.84. The molecule has 0 fully saturated rings. The second-order valence-corrected chi connectivity index (χ2v) is 4.89. The molecule has 2 heterocycles. The summed E-state index contributed by atoms with van der Waals surface area (Å²) in [5.74, 6) is 1.50. The van der Waals surface area contributed by atoms with Gasteiger partial charge in [-0.15, -0.1) is 0 Å². The van der Waals surface area contributed by atoms with Gasteiger partial charge >= 0.3 is 0 Å². The molecule has 0 aliphatic carbocycles. The predicted molar refractivity (Wildman–Crippen MR) is 72.1 cm³/mol. The number of hydrogen-bond acceptors (Lipinski definition) is 5. The Morgan fingerprint density at radius 2 is 2.22 bits per heavy atom. The molecule has 0 aliphatic heterocycles. The molecule has 2 rings (SSSR count). The molecule has 18 heavy (non-hydrogen) atoms. The number of likely N-dealkylation sites (N-methyl/N-ethyl adjacent to an activating group) is 1. The van der Waals surface area contributed by atoms with Crippen molar-refractivity contribution in [3.05, 3.63) is 18.6 Å². The SMILES string of the molecule is CNc1cn2ccnc2c(N(C)C(C)(C)CO)n1. The van der Waals surface area contributed by atoms with Gasteiger partial charge in [0.1, 0.15) is 5.82 Å². The molecule has 2 aromatic rings. The van der Waals surface area contributed by atoms with Gasteiger partial charge in [-0.2, -0.15) is 0 Å². The van der Waals surface area contributed by atoms with Crippen LogP contribution in [0.25, 0.3) is 5.65 Å². The van der Waals surface area contributed by atoms with Crippen molar-refractivity contribution >= 4 is 17.3 Å². The van der Waals surface area contributed by atoms with Crippen molar-refractivity contribution < 1.29 is 5.11 Å². The Kier molecular flexibility index (Phi) is 3.13. The van der Waals surface area contributed by atoms with E-state index in [0.717, 1.165) is 17.3 Å². The van der Waals surface area contributed by atoms with E-state index in [0.29, 0.717) is 0 Å². The zero-order valence-corrected chi connectivity index (χ0v) is 11.2. The van der Waals surface area contributed by atoms with Crippen LogP contribution in [-0.2, 0) is 0 Å². The Morgan fingerprint density at radius 3 is 2.83 bits per heavy atom. The van der Waals surface area contributed by atoms with E-state index < -0.39 is 5.54 Å². The van der Waals surface area contributed by atoms with Crippen LogP contribution in [0, 0.1) is 0 Å². The first-order valence-electron chi connectivity index (χ1n) is 5.86. The standard InChI is InChI=1S/C12H19N5O/c1-12(2,8-18)16(4)11-10-14-5-6-17(10)7-9(13-3)15-11/h5-7,13,18H,8H2,1-4H3. The maximum Gasteiger partial charge on any atom is 0.180 e. The maximum absolute atomic E-state index is 9.46. The third kappa shape index (κ3) is 1.99. The van der Waals surface area contributed by atoms with Crippen LogP contribution in [0.5, 0.6) is 0 Å². The van der Waals surface area contributed by atoms with Gasteiger partial charge in [-0.1, -0.05) is 0 Å².